The van der Waals surface area contributed by atoms with Gasteiger partial charge in [0.25, 0.3) is 11.6 Å². The van der Waals surface area contributed by atoms with E-state index in [9.17, 15) is 14.9 Å². The van der Waals surface area contributed by atoms with Gasteiger partial charge in [-0.3, -0.25) is 25.0 Å². The first kappa shape index (κ1) is 22.2. The van der Waals surface area contributed by atoms with Crippen LogP contribution in [0.3, 0.4) is 0 Å². The van der Waals surface area contributed by atoms with Gasteiger partial charge in [-0.05, 0) is 53.9 Å². The van der Waals surface area contributed by atoms with Gasteiger partial charge in [0.1, 0.15) is 0 Å². The molecule has 2 heterocycles. The van der Waals surface area contributed by atoms with Gasteiger partial charge in [-0.1, -0.05) is 24.3 Å². The Morgan fingerprint density at radius 2 is 1.97 bits per heavy atom. The minimum Gasteiger partial charge on any atom is -0.296 e. The van der Waals surface area contributed by atoms with Crippen molar-refractivity contribution >= 4 is 17.7 Å². The number of nitro benzene ring substituents is 1. The molecule has 1 fully saturated rings. The second-order valence-electron chi connectivity index (χ2n) is 7.69. The molecule has 1 aromatic heterocycles. The number of non-ortho nitro benzene ring substituents is 1. The third-order valence-corrected chi connectivity index (χ3v) is 5.59. The summed E-state index contributed by atoms with van der Waals surface area (Å²) in [6.07, 6.45) is 5.72. The molecule has 170 valence electrons. The van der Waals surface area contributed by atoms with Crippen LogP contribution >= 0.6 is 0 Å². The molecule has 33 heavy (non-hydrogen) atoms. The van der Waals surface area contributed by atoms with Crippen molar-refractivity contribution in [1.82, 2.24) is 30.6 Å². The molecule has 0 spiro atoms. The highest BCUT2D eigenvalue weighted by Crippen LogP contribution is 2.32. The topological polar surface area (TPSA) is 139 Å². The van der Waals surface area contributed by atoms with E-state index in [0.29, 0.717) is 24.0 Å². The van der Waals surface area contributed by atoms with E-state index >= 15 is 0 Å². The van der Waals surface area contributed by atoms with Crippen molar-refractivity contribution in [2.24, 2.45) is 0 Å². The highest BCUT2D eigenvalue weighted by atomic mass is 16.6. The van der Waals surface area contributed by atoms with Crippen molar-refractivity contribution in [2.45, 2.75) is 25.3 Å². The summed E-state index contributed by atoms with van der Waals surface area (Å²) in [5.41, 5.74) is 4.28. The smallest absolute Gasteiger partial charge is 0.269 e. The monoisotopic (exact) mass is 449 g/mol. The summed E-state index contributed by atoms with van der Waals surface area (Å²) >= 11 is 0. The molecule has 3 aromatic rings. The summed E-state index contributed by atoms with van der Waals surface area (Å²) in [5.74, 6) is 0.0433. The standard InChI is InChI=1S/C22H23N7O4/c30-22(25-31)12-5-16-3-6-17(7-4-16)20-2-1-14-27(20)15-13-21-23-26-28(24-21)18-8-10-19(11-9-18)29(32)33/h3-12,20,31H,1-2,13-15H2,(H,25,30)/t20-/m0/s1. The summed E-state index contributed by atoms with van der Waals surface area (Å²) in [7, 11) is 0. The molecular weight excluding hydrogens is 426 g/mol. The number of aromatic nitrogens is 4. The maximum Gasteiger partial charge on any atom is 0.269 e. The van der Waals surface area contributed by atoms with Crippen LogP contribution in [0.25, 0.3) is 11.8 Å². The maximum absolute atomic E-state index is 11.1. The van der Waals surface area contributed by atoms with Gasteiger partial charge in [0.2, 0.25) is 0 Å². The van der Waals surface area contributed by atoms with Crippen molar-refractivity contribution in [2.75, 3.05) is 13.1 Å². The van der Waals surface area contributed by atoms with Crippen LogP contribution < -0.4 is 5.48 Å². The average molecular weight is 449 g/mol. The van der Waals surface area contributed by atoms with Gasteiger partial charge in [0.15, 0.2) is 5.82 Å². The number of benzene rings is 2. The number of hydroxylamine groups is 1. The second kappa shape index (κ2) is 10.1. The highest BCUT2D eigenvalue weighted by Gasteiger charge is 2.26. The number of amides is 1. The number of hydrogen-bond donors (Lipinski definition) is 2. The number of hydrogen-bond acceptors (Lipinski definition) is 8. The van der Waals surface area contributed by atoms with Crippen molar-refractivity contribution in [3.8, 4) is 5.69 Å². The zero-order valence-electron chi connectivity index (χ0n) is 17.7. The van der Waals surface area contributed by atoms with Crippen LogP contribution in [-0.4, -0.2) is 54.2 Å². The van der Waals surface area contributed by atoms with E-state index in [2.05, 4.69) is 32.4 Å². The molecule has 2 N–H and O–H groups in total. The van der Waals surface area contributed by atoms with Gasteiger partial charge in [-0.2, -0.15) is 0 Å². The van der Waals surface area contributed by atoms with Crippen molar-refractivity contribution < 1.29 is 14.9 Å². The first-order chi connectivity index (χ1) is 16.0. The van der Waals surface area contributed by atoms with Crippen molar-refractivity contribution in [1.29, 1.82) is 0 Å². The van der Waals surface area contributed by atoms with Crippen LogP contribution in [0.5, 0.6) is 0 Å². The van der Waals surface area contributed by atoms with E-state index in [0.717, 1.165) is 31.5 Å². The molecule has 0 aliphatic carbocycles. The minimum absolute atomic E-state index is 0.0128. The third kappa shape index (κ3) is 5.45. The third-order valence-electron chi connectivity index (χ3n) is 5.59. The summed E-state index contributed by atoms with van der Waals surface area (Å²) in [4.78, 5) is 25.2. The molecule has 1 aliphatic heterocycles. The van der Waals surface area contributed by atoms with Gasteiger partial charge < -0.3 is 0 Å². The predicted molar refractivity (Wildman–Crippen MR) is 118 cm³/mol. The van der Waals surface area contributed by atoms with Crippen LogP contribution in [0.1, 0.15) is 35.8 Å². The number of nitrogens with zero attached hydrogens (tertiary/aromatic N) is 6. The number of nitro groups is 1. The number of nitrogens with one attached hydrogen (secondary N) is 1. The second-order valence-corrected chi connectivity index (χ2v) is 7.69. The lowest BCUT2D eigenvalue weighted by atomic mass is 10.0. The highest BCUT2D eigenvalue weighted by molar-refractivity contribution is 5.90. The lowest BCUT2D eigenvalue weighted by molar-refractivity contribution is -0.384. The fraction of sp³-hybridized carbons (Fsp3) is 0.273. The van der Waals surface area contributed by atoms with E-state index in [1.165, 1.54) is 28.6 Å². The average Bonchev–Trinajstić information content (AvgIpc) is 3.51. The van der Waals surface area contributed by atoms with E-state index < -0.39 is 10.8 Å². The lowest BCUT2D eigenvalue weighted by Gasteiger charge is -2.24. The number of tetrazole rings is 1. The van der Waals surface area contributed by atoms with Gasteiger partial charge in [-0.25, -0.2) is 5.48 Å². The normalized spacial score (nSPS) is 16.3. The van der Waals surface area contributed by atoms with Crippen LogP contribution in [0.4, 0.5) is 5.69 Å². The molecule has 0 unspecified atom stereocenters. The Labute approximate surface area is 189 Å². The first-order valence-electron chi connectivity index (χ1n) is 10.5. The number of likely N-dealkylation sites (tertiary alicyclic amines) is 1. The SMILES string of the molecule is O=C(C=Cc1ccc([C@@H]2CCCN2CCc2nnn(-c3ccc([N+](=O)[O-])cc3)n2)cc1)NO. The molecule has 1 atom stereocenters. The Morgan fingerprint density at radius 3 is 2.67 bits per heavy atom. The van der Waals surface area contributed by atoms with E-state index in [4.69, 9.17) is 5.21 Å². The molecule has 11 nitrogen and oxygen atoms in total. The largest absolute Gasteiger partial charge is 0.296 e. The Bertz CT molecular complexity index is 1140. The fourth-order valence-electron chi connectivity index (χ4n) is 3.91. The molecule has 0 bridgehead atoms. The molecule has 1 aliphatic rings. The lowest BCUT2D eigenvalue weighted by Crippen LogP contribution is -2.26. The number of rotatable bonds is 8. The Morgan fingerprint density at radius 1 is 1.21 bits per heavy atom. The van der Waals surface area contributed by atoms with Crippen LogP contribution in [0.2, 0.25) is 0 Å². The van der Waals surface area contributed by atoms with Crippen molar-refractivity contribution in [3.05, 3.63) is 81.7 Å². The molecule has 1 amide bonds. The fourth-order valence-corrected chi connectivity index (χ4v) is 3.91. The van der Waals surface area contributed by atoms with E-state index in [-0.39, 0.29) is 5.69 Å². The molecule has 0 saturated carbocycles. The van der Waals surface area contributed by atoms with Crippen LogP contribution in [-0.2, 0) is 11.2 Å². The van der Waals surface area contributed by atoms with Crippen LogP contribution in [0.15, 0.2) is 54.6 Å². The molecule has 4 rings (SSSR count). The number of carbonyl (C=O) groups excluding carboxylic acids is 1. The molecule has 2 aromatic carbocycles. The van der Waals surface area contributed by atoms with E-state index in [1.54, 1.807) is 23.7 Å². The molecule has 0 radical (unpaired) electrons. The molecule has 1 saturated heterocycles. The first-order valence-corrected chi connectivity index (χ1v) is 10.5. The minimum atomic E-state index is -0.569. The molecule has 11 heteroatoms. The van der Waals surface area contributed by atoms with Gasteiger partial charge in [0.05, 0.1) is 10.6 Å². The quantitative estimate of drug-likeness (QED) is 0.231. The summed E-state index contributed by atoms with van der Waals surface area (Å²) in [5, 5.41) is 32.0. The van der Waals surface area contributed by atoms with E-state index in [1.807, 2.05) is 12.1 Å². The Kier molecular flexibility index (Phi) is 6.81. The summed E-state index contributed by atoms with van der Waals surface area (Å²) < 4.78 is 0. The zero-order chi connectivity index (χ0) is 23.2. The van der Waals surface area contributed by atoms with Gasteiger partial charge in [-0.15, -0.1) is 15.0 Å². The Balaban J connectivity index is 1.36. The van der Waals surface area contributed by atoms with Crippen LogP contribution in [0, 0.1) is 10.1 Å². The summed E-state index contributed by atoms with van der Waals surface area (Å²) in [6, 6.07) is 14.3. The maximum atomic E-state index is 11.1. The Hall–Kier alpha value is -3.96. The summed E-state index contributed by atoms with van der Waals surface area (Å²) in [6.45, 7) is 1.77. The molecular formula is C22H23N7O4. The van der Waals surface area contributed by atoms with Gasteiger partial charge >= 0.3 is 0 Å². The van der Waals surface area contributed by atoms with Gasteiger partial charge in [0, 0.05) is 37.2 Å². The zero-order valence-corrected chi connectivity index (χ0v) is 17.7. The predicted octanol–water partition coefficient (Wildman–Crippen LogP) is 2.47. The van der Waals surface area contributed by atoms with Crippen molar-refractivity contribution in [3.63, 3.8) is 0 Å². The number of carbonyl (C=O) groups is 1.